The summed E-state index contributed by atoms with van der Waals surface area (Å²) in [5.74, 6) is -1.13. The summed E-state index contributed by atoms with van der Waals surface area (Å²) in [6, 6.07) is 5.64. The van der Waals surface area contributed by atoms with Crippen LogP contribution in [0.4, 0.5) is 8.78 Å². The van der Waals surface area contributed by atoms with Crippen LogP contribution < -0.4 is 0 Å². The summed E-state index contributed by atoms with van der Waals surface area (Å²) < 4.78 is 36.0. The molecule has 1 fully saturated rings. The summed E-state index contributed by atoms with van der Waals surface area (Å²) in [6.45, 7) is 5.65. The van der Waals surface area contributed by atoms with Gasteiger partial charge < -0.3 is 4.74 Å². The molecule has 2 aliphatic carbocycles. The van der Waals surface area contributed by atoms with E-state index in [0.717, 1.165) is 41.1 Å². The van der Waals surface area contributed by atoms with Crippen LogP contribution in [0.15, 0.2) is 49.1 Å². The van der Waals surface area contributed by atoms with E-state index in [1.54, 1.807) is 19.5 Å². The van der Waals surface area contributed by atoms with Gasteiger partial charge in [-0.3, -0.25) is 9.67 Å². The van der Waals surface area contributed by atoms with Crippen molar-refractivity contribution in [2.45, 2.75) is 44.6 Å². The number of hydrogen-bond donors (Lipinski definition) is 0. The average molecular weight is 489 g/mol. The number of nitrogens with zero attached hydrogens (tertiary/aromatic N) is 6. The lowest BCUT2D eigenvalue weighted by Gasteiger charge is -2.37. The van der Waals surface area contributed by atoms with E-state index in [9.17, 15) is 8.78 Å². The molecule has 2 bridgehead atoms. The number of methoxy groups -OCH3 is 1. The van der Waals surface area contributed by atoms with E-state index in [-0.39, 0.29) is 22.6 Å². The molecule has 0 aliphatic heterocycles. The van der Waals surface area contributed by atoms with E-state index in [0.29, 0.717) is 13.2 Å². The molecule has 6 rings (SSSR count). The maximum absolute atomic E-state index is 14.5. The minimum absolute atomic E-state index is 0.144. The summed E-state index contributed by atoms with van der Waals surface area (Å²) in [7, 11) is 1.66. The van der Waals surface area contributed by atoms with Gasteiger partial charge in [0.05, 0.1) is 59.3 Å². The monoisotopic (exact) mass is 488 g/mol. The molecule has 1 saturated carbocycles. The van der Waals surface area contributed by atoms with Crippen molar-refractivity contribution in [1.29, 1.82) is 0 Å². The molecule has 7 nitrogen and oxygen atoms in total. The van der Waals surface area contributed by atoms with Crippen LogP contribution >= 0.6 is 0 Å². The Bertz CT molecular complexity index is 1450. The Morgan fingerprint density at radius 2 is 1.89 bits per heavy atom. The average Bonchev–Trinajstić information content (AvgIpc) is 3.50. The number of fused-ring (bicyclic) bond motifs is 5. The van der Waals surface area contributed by atoms with Gasteiger partial charge in [-0.15, -0.1) is 5.10 Å². The van der Waals surface area contributed by atoms with Crippen molar-refractivity contribution >= 4 is 0 Å². The van der Waals surface area contributed by atoms with Gasteiger partial charge in [0.15, 0.2) is 0 Å². The standard InChI is InChI=1S/C27H26F2N6O/c1-26(2)18-7-8-27(26,23-14-30-13-22(32-23)16-12-31-35(15-16)9-10-36-3)25-17(18)11-21(33-34-25)24-19(28)5-4-6-20(24)29/h4-6,11-15,18H,7-10H2,1-3H3/t18-,27+/m0/s1. The molecular weight excluding hydrogens is 462 g/mol. The Kier molecular flexibility index (Phi) is 5.22. The quantitative estimate of drug-likeness (QED) is 0.383. The molecule has 3 heterocycles. The highest BCUT2D eigenvalue weighted by molar-refractivity contribution is 5.64. The second-order valence-corrected chi connectivity index (χ2v) is 10.1. The van der Waals surface area contributed by atoms with Crippen LogP contribution in [0, 0.1) is 17.0 Å². The normalized spacial score (nSPS) is 21.6. The fourth-order valence-corrected chi connectivity index (χ4v) is 6.27. The lowest BCUT2D eigenvalue weighted by Crippen LogP contribution is -2.38. The summed E-state index contributed by atoms with van der Waals surface area (Å²) in [5, 5.41) is 13.3. The zero-order valence-corrected chi connectivity index (χ0v) is 20.4. The Labute approximate surface area is 207 Å². The number of benzene rings is 1. The van der Waals surface area contributed by atoms with Gasteiger partial charge in [-0.05, 0) is 47.9 Å². The van der Waals surface area contributed by atoms with E-state index >= 15 is 0 Å². The Morgan fingerprint density at radius 1 is 1.08 bits per heavy atom. The van der Waals surface area contributed by atoms with E-state index in [2.05, 4.69) is 34.1 Å². The van der Waals surface area contributed by atoms with Crippen molar-refractivity contribution in [3.8, 4) is 22.5 Å². The molecule has 0 spiro atoms. The third-order valence-corrected chi connectivity index (χ3v) is 8.13. The van der Waals surface area contributed by atoms with E-state index in [1.807, 2.05) is 23.1 Å². The molecule has 184 valence electrons. The molecule has 36 heavy (non-hydrogen) atoms. The minimum atomic E-state index is -0.647. The third kappa shape index (κ3) is 3.15. The van der Waals surface area contributed by atoms with E-state index in [4.69, 9.17) is 9.72 Å². The number of hydrogen-bond acceptors (Lipinski definition) is 6. The predicted molar refractivity (Wildman–Crippen MR) is 129 cm³/mol. The second kappa shape index (κ2) is 8.23. The molecule has 0 unspecified atom stereocenters. The van der Waals surface area contributed by atoms with Crippen molar-refractivity contribution in [3.05, 3.63) is 77.6 Å². The highest BCUT2D eigenvalue weighted by atomic mass is 19.1. The molecule has 3 aromatic heterocycles. The maximum atomic E-state index is 14.5. The van der Waals surface area contributed by atoms with Crippen molar-refractivity contribution in [3.63, 3.8) is 0 Å². The van der Waals surface area contributed by atoms with Crippen LogP contribution in [0.25, 0.3) is 22.5 Å². The zero-order valence-electron chi connectivity index (χ0n) is 20.4. The third-order valence-electron chi connectivity index (χ3n) is 8.13. The maximum Gasteiger partial charge on any atom is 0.135 e. The van der Waals surface area contributed by atoms with Crippen LogP contribution in [-0.2, 0) is 16.7 Å². The number of halogens is 2. The van der Waals surface area contributed by atoms with Crippen LogP contribution in [0.5, 0.6) is 0 Å². The molecule has 0 radical (unpaired) electrons. The lowest BCUT2D eigenvalue weighted by atomic mass is 9.66. The van der Waals surface area contributed by atoms with Crippen LogP contribution in [-0.4, -0.2) is 43.7 Å². The van der Waals surface area contributed by atoms with Crippen LogP contribution in [0.2, 0.25) is 0 Å². The van der Waals surface area contributed by atoms with Gasteiger partial charge in [-0.25, -0.2) is 13.8 Å². The first-order valence-corrected chi connectivity index (χ1v) is 12.0. The Hall–Kier alpha value is -3.59. The molecule has 0 N–H and O–H groups in total. The molecule has 9 heteroatoms. The van der Waals surface area contributed by atoms with Crippen LogP contribution in [0.3, 0.4) is 0 Å². The van der Waals surface area contributed by atoms with Gasteiger partial charge in [0, 0.05) is 25.1 Å². The van der Waals surface area contributed by atoms with Gasteiger partial charge in [0.2, 0.25) is 0 Å². The van der Waals surface area contributed by atoms with Gasteiger partial charge in [0.25, 0.3) is 0 Å². The van der Waals surface area contributed by atoms with Gasteiger partial charge in [0.1, 0.15) is 11.6 Å². The first-order chi connectivity index (χ1) is 17.4. The highest BCUT2D eigenvalue weighted by Gasteiger charge is 2.65. The smallest absolute Gasteiger partial charge is 0.135 e. The van der Waals surface area contributed by atoms with Gasteiger partial charge in [-0.1, -0.05) is 19.9 Å². The molecule has 0 amide bonds. The van der Waals surface area contributed by atoms with Crippen molar-refractivity contribution in [2.75, 3.05) is 13.7 Å². The summed E-state index contributed by atoms with van der Waals surface area (Å²) in [5.41, 5.74) is 3.59. The van der Waals surface area contributed by atoms with E-state index in [1.165, 1.54) is 18.2 Å². The van der Waals surface area contributed by atoms with Crippen molar-refractivity contribution in [2.24, 2.45) is 5.41 Å². The molecule has 1 aromatic carbocycles. The van der Waals surface area contributed by atoms with Gasteiger partial charge in [-0.2, -0.15) is 10.2 Å². The molecule has 2 atom stereocenters. The largest absolute Gasteiger partial charge is 0.383 e. The van der Waals surface area contributed by atoms with Crippen molar-refractivity contribution in [1.82, 2.24) is 29.9 Å². The topological polar surface area (TPSA) is 78.6 Å². The van der Waals surface area contributed by atoms with Gasteiger partial charge >= 0.3 is 0 Å². The highest BCUT2D eigenvalue weighted by Crippen LogP contribution is 2.69. The zero-order chi connectivity index (χ0) is 25.1. The summed E-state index contributed by atoms with van der Waals surface area (Å²) in [6.07, 6.45) is 9.04. The van der Waals surface area contributed by atoms with E-state index < -0.39 is 17.0 Å². The number of ether oxygens (including phenoxy) is 1. The Balaban J connectivity index is 1.45. The first-order valence-electron chi connectivity index (χ1n) is 12.0. The first kappa shape index (κ1) is 22.8. The summed E-state index contributed by atoms with van der Waals surface area (Å²) in [4.78, 5) is 9.60. The number of aromatic nitrogens is 6. The minimum Gasteiger partial charge on any atom is -0.383 e. The molecular formula is C27H26F2N6O. The van der Waals surface area contributed by atoms with Crippen molar-refractivity contribution < 1.29 is 13.5 Å². The molecule has 0 saturated heterocycles. The molecule has 4 aromatic rings. The lowest BCUT2D eigenvalue weighted by molar-refractivity contribution is 0.183. The second-order valence-electron chi connectivity index (χ2n) is 10.1. The predicted octanol–water partition coefficient (Wildman–Crippen LogP) is 4.93. The molecule has 2 aliphatic rings. The van der Waals surface area contributed by atoms with Crippen LogP contribution in [0.1, 0.15) is 49.6 Å². The summed E-state index contributed by atoms with van der Waals surface area (Å²) >= 11 is 0. The fraction of sp³-hybridized carbons (Fsp3) is 0.370. The Morgan fingerprint density at radius 3 is 2.67 bits per heavy atom. The fourth-order valence-electron chi connectivity index (χ4n) is 6.27. The SMILES string of the molecule is COCCn1cc(-c2cncc([C@]34CC[C@@H](c5cc(-c6c(F)cccc6F)nnc53)C4(C)C)n2)cn1. The number of rotatable bonds is 6.